The molecule has 4 heteroatoms. The number of aromatic nitrogens is 1. The molecule has 2 aromatic rings. The summed E-state index contributed by atoms with van der Waals surface area (Å²) in [6.07, 6.45) is 8.16. The highest BCUT2D eigenvalue weighted by atomic mass is 16.2. The predicted molar refractivity (Wildman–Crippen MR) is 97.9 cm³/mol. The third-order valence-corrected chi connectivity index (χ3v) is 6.10. The van der Waals surface area contributed by atoms with Crippen molar-refractivity contribution in [2.24, 2.45) is 5.92 Å². The van der Waals surface area contributed by atoms with Crippen molar-refractivity contribution in [3.63, 3.8) is 0 Å². The first-order valence-corrected chi connectivity index (χ1v) is 9.34. The number of hydrogen-bond donors (Lipinski definition) is 0. The second-order valence-corrected chi connectivity index (χ2v) is 7.70. The molecule has 4 nitrogen and oxygen atoms in total. The smallest absolute Gasteiger partial charge is 0.242 e. The van der Waals surface area contributed by atoms with Gasteiger partial charge in [-0.2, -0.15) is 0 Å². The van der Waals surface area contributed by atoms with E-state index in [-0.39, 0.29) is 11.3 Å². The van der Waals surface area contributed by atoms with E-state index in [0.717, 1.165) is 43.2 Å². The molecule has 1 aliphatic carbocycles. The van der Waals surface area contributed by atoms with E-state index >= 15 is 0 Å². The van der Waals surface area contributed by atoms with Crippen LogP contribution in [0.15, 0.2) is 48.8 Å². The molecule has 2 fully saturated rings. The number of fused-ring (bicyclic) bond motifs is 2. The summed E-state index contributed by atoms with van der Waals surface area (Å²) in [5.41, 5.74) is 2.76. The van der Waals surface area contributed by atoms with E-state index in [4.69, 9.17) is 0 Å². The van der Waals surface area contributed by atoms with Gasteiger partial charge in [-0.3, -0.25) is 14.7 Å². The minimum absolute atomic E-state index is 0.229. The van der Waals surface area contributed by atoms with Crippen molar-refractivity contribution in [2.75, 3.05) is 24.5 Å². The van der Waals surface area contributed by atoms with Crippen molar-refractivity contribution in [3.8, 4) is 0 Å². The van der Waals surface area contributed by atoms with Crippen molar-refractivity contribution < 1.29 is 4.79 Å². The maximum absolute atomic E-state index is 13.6. The van der Waals surface area contributed by atoms with Crippen LogP contribution in [0.5, 0.6) is 0 Å². The Labute approximate surface area is 148 Å². The average molecular weight is 333 g/mol. The lowest BCUT2D eigenvalue weighted by Gasteiger charge is -2.38. The molecular formula is C21H23N3O. The van der Waals surface area contributed by atoms with Gasteiger partial charge in [-0.1, -0.05) is 18.2 Å². The minimum atomic E-state index is -0.355. The summed E-state index contributed by atoms with van der Waals surface area (Å²) in [6.45, 7) is 3.27. The SMILES string of the molecule is O=C1N(c2cccnc2)c2ccccc2C12CCN(CC1CC1)CC2. The van der Waals surface area contributed by atoms with Crippen LogP contribution in [0.25, 0.3) is 0 Å². The maximum atomic E-state index is 13.6. The van der Waals surface area contributed by atoms with Crippen LogP contribution < -0.4 is 4.90 Å². The number of hydrogen-bond acceptors (Lipinski definition) is 3. The zero-order valence-electron chi connectivity index (χ0n) is 14.4. The van der Waals surface area contributed by atoms with Gasteiger partial charge in [0, 0.05) is 12.7 Å². The average Bonchev–Trinajstić information content (AvgIpc) is 3.44. The number of nitrogens with zero attached hydrogens (tertiary/aromatic N) is 3. The topological polar surface area (TPSA) is 36.4 Å². The number of benzene rings is 1. The van der Waals surface area contributed by atoms with Crippen molar-refractivity contribution in [3.05, 3.63) is 54.4 Å². The molecule has 1 aromatic carbocycles. The van der Waals surface area contributed by atoms with Gasteiger partial charge < -0.3 is 4.90 Å². The fourth-order valence-electron chi connectivity index (χ4n) is 4.52. The van der Waals surface area contributed by atoms with Crippen molar-refractivity contribution in [1.82, 2.24) is 9.88 Å². The van der Waals surface area contributed by atoms with Crippen LogP contribution in [0.2, 0.25) is 0 Å². The lowest BCUT2D eigenvalue weighted by molar-refractivity contribution is -0.124. The van der Waals surface area contributed by atoms with Crippen LogP contribution >= 0.6 is 0 Å². The number of rotatable bonds is 3. The third-order valence-electron chi connectivity index (χ3n) is 6.10. The van der Waals surface area contributed by atoms with E-state index in [1.54, 1.807) is 12.4 Å². The summed E-state index contributed by atoms with van der Waals surface area (Å²) in [5.74, 6) is 1.14. The second-order valence-electron chi connectivity index (χ2n) is 7.70. The lowest BCUT2D eigenvalue weighted by Crippen LogP contribution is -2.48. The summed E-state index contributed by atoms with van der Waals surface area (Å²) >= 11 is 0. The summed E-state index contributed by atoms with van der Waals surface area (Å²) in [6, 6.07) is 12.2. The Morgan fingerprint density at radius 3 is 2.60 bits per heavy atom. The number of amides is 1. The van der Waals surface area contributed by atoms with Gasteiger partial charge in [0.15, 0.2) is 0 Å². The molecule has 1 spiro atoms. The van der Waals surface area contributed by atoms with Crippen LogP contribution in [0.1, 0.15) is 31.2 Å². The number of carbonyl (C=O) groups excluding carboxylic acids is 1. The fraction of sp³-hybridized carbons (Fsp3) is 0.429. The first-order chi connectivity index (χ1) is 12.3. The summed E-state index contributed by atoms with van der Waals surface area (Å²) in [5, 5.41) is 0. The number of anilines is 2. The molecule has 1 aromatic heterocycles. The Bertz CT molecular complexity index is 792. The van der Waals surface area contributed by atoms with E-state index in [0.29, 0.717) is 0 Å². The van der Waals surface area contributed by atoms with Gasteiger partial charge in [-0.25, -0.2) is 0 Å². The highest BCUT2D eigenvalue weighted by Gasteiger charge is 2.52. The number of para-hydroxylation sites is 1. The summed E-state index contributed by atoms with van der Waals surface area (Å²) in [4.78, 5) is 22.2. The largest absolute Gasteiger partial charge is 0.303 e. The van der Waals surface area contributed by atoms with E-state index in [9.17, 15) is 4.79 Å². The minimum Gasteiger partial charge on any atom is -0.303 e. The van der Waals surface area contributed by atoms with Crippen LogP contribution in [-0.4, -0.2) is 35.4 Å². The van der Waals surface area contributed by atoms with Crippen molar-refractivity contribution >= 4 is 17.3 Å². The molecule has 128 valence electrons. The van der Waals surface area contributed by atoms with Crippen LogP contribution in [0.3, 0.4) is 0 Å². The summed E-state index contributed by atoms with van der Waals surface area (Å²) in [7, 11) is 0. The monoisotopic (exact) mass is 333 g/mol. The molecule has 5 rings (SSSR count). The first kappa shape index (κ1) is 15.1. The Morgan fingerprint density at radius 2 is 1.88 bits per heavy atom. The standard InChI is InChI=1S/C21H23N3O/c25-20-21(9-12-23(13-10-21)15-16-7-8-16)18-5-1-2-6-19(18)24(20)17-4-3-11-22-14-17/h1-6,11,14,16H,7-10,12-13,15H2. The predicted octanol–water partition coefficient (Wildman–Crippen LogP) is 3.50. The highest BCUT2D eigenvalue weighted by molar-refractivity contribution is 6.13. The number of carbonyl (C=O) groups is 1. The molecule has 0 N–H and O–H groups in total. The molecule has 2 aliphatic heterocycles. The van der Waals surface area contributed by atoms with Gasteiger partial charge >= 0.3 is 0 Å². The van der Waals surface area contributed by atoms with Gasteiger partial charge in [0.05, 0.1) is 23.0 Å². The Balaban J connectivity index is 1.50. The van der Waals surface area contributed by atoms with E-state index in [1.807, 2.05) is 23.1 Å². The van der Waals surface area contributed by atoms with E-state index in [2.05, 4.69) is 28.1 Å². The maximum Gasteiger partial charge on any atom is 0.242 e. The molecule has 0 atom stereocenters. The molecule has 0 unspecified atom stereocenters. The van der Waals surface area contributed by atoms with Crippen molar-refractivity contribution in [1.29, 1.82) is 0 Å². The lowest BCUT2D eigenvalue weighted by atomic mass is 9.73. The second kappa shape index (κ2) is 5.67. The van der Waals surface area contributed by atoms with Crippen LogP contribution in [0, 0.1) is 5.92 Å². The molecule has 0 bridgehead atoms. The molecule has 0 radical (unpaired) electrons. The quantitative estimate of drug-likeness (QED) is 0.862. The first-order valence-electron chi connectivity index (χ1n) is 9.34. The third kappa shape index (κ3) is 2.39. The van der Waals surface area contributed by atoms with Gasteiger partial charge in [-0.15, -0.1) is 0 Å². The number of likely N-dealkylation sites (tertiary alicyclic amines) is 1. The van der Waals surface area contributed by atoms with Crippen LogP contribution in [0.4, 0.5) is 11.4 Å². The molecule has 25 heavy (non-hydrogen) atoms. The van der Waals surface area contributed by atoms with Gasteiger partial charge in [0.25, 0.3) is 0 Å². The molecule has 1 saturated heterocycles. The van der Waals surface area contributed by atoms with E-state index in [1.165, 1.54) is 24.9 Å². The Hall–Kier alpha value is -2.20. The van der Waals surface area contributed by atoms with Gasteiger partial charge in [-0.05, 0) is 68.5 Å². The molecule has 3 aliphatic rings. The normalized spacial score (nSPS) is 22.4. The van der Waals surface area contributed by atoms with Crippen LogP contribution in [-0.2, 0) is 10.2 Å². The zero-order chi connectivity index (χ0) is 16.9. The number of piperidine rings is 1. The van der Waals surface area contributed by atoms with Crippen molar-refractivity contribution in [2.45, 2.75) is 31.1 Å². The highest BCUT2D eigenvalue weighted by Crippen LogP contribution is 2.50. The fourth-order valence-corrected chi connectivity index (χ4v) is 4.52. The van der Waals surface area contributed by atoms with E-state index < -0.39 is 0 Å². The van der Waals surface area contributed by atoms with Gasteiger partial charge in [0.1, 0.15) is 0 Å². The molecule has 1 saturated carbocycles. The summed E-state index contributed by atoms with van der Waals surface area (Å²) < 4.78 is 0. The Kier molecular flexibility index (Phi) is 3.42. The van der Waals surface area contributed by atoms with Gasteiger partial charge in [0.2, 0.25) is 5.91 Å². The zero-order valence-corrected chi connectivity index (χ0v) is 14.4. The molecule has 1 amide bonds. The molecule has 3 heterocycles. The number of pyridine rings is 1. The Morgan fingerprint density at radius 1 is 1.08 bits per heavy atom. The molecular weight excluding hydrogens is 310 g/mol.